The molecule has 0 radical (unpaired) electrons. The number of pyridine rings is 2. The summed E-state index contributed by atoms with van der Waals surface area (Å²) in [7, 11) is 0. The van der Waals surface area contributed by atoms with Gasteiger partial charge in [-0.3, -0.25) is 19.6 Å². The maximum atomic E-state index is 11.9. The number of carbonyl (C=O) groups is 3. The summed E-state index contributed by atoms with van der Waals surface area (Å²) < 4.78 is 0. The third-order valence-electron chi connectivity index (χ3n) is 2.87. The van der Waals surface area contributed by atoms with E-state index in [-0.39, 0.29) is 18.4 Å². The SMILES string of the molecule is O=C(ON1C(=O)CCC1=O)c1cnc2cccnc2c1. The molecule has 0 bridgehead atoms. The van der Waals surface area contributed by atoms with E-state index in [0.29, 0.717) is 16.1 Å². The fourth-order valence-electron chi connectivity index (χ4n) is 1.86. The van der Waals surface area contributed by atoms with Crippen LogP contribution in [0.25, 0.3) is 11.0 Å². The van der Waals surface area contributed by atoms with Gasteiger partial charge in [0.15, 0.2) is 0 Å². The van der Waals surface area contributed by atoms with Crippen LogP contribution >= 0.6 is 0 Å². The molecule has 3 heterocycles. The highest BCUT2D eigenvalue weighted by Crippen LogP contribution is 2.15. The first-order valence-corrected chi connectivity index (χ1v) is 5.94. The van der Waals surface area contributed by atoms with Crippen LogP contribution < -0.4 is 0 Å². The van der Waals surface area contributed by atoms with Crippen molar-refractivity contribution in [2.24, 2.45) is 0 Å². The lowest BCUT2D eigenvalue weighted by molar-refractivity contribution is -0.172. The van der Waals surface area contributed by atoms with Gasteiger partial charge >= 0.3 is 5.97 Å². The Hall–Kier alpha value is -2.83. The van der Waals surface area contributed by atoms with E-state index in [4.69, 9.17) is 4.84 Å². The summed E-state index contributed by atoms with van der Waals surface area (Å²) >= 11 is 0. The maximum Gasteiger partial charge on any atom is 0.365 e. The molecule has 7 nitrogen and oxygen atoms in total. The number of nitrogens with zero attached hydrogens (tertiary/aromatic N) is 3. The molecule has 0 aromatic carbocycles. The molecule has 7 heteroatoms. The van der Waals surface area contributed by atoms with Crippen LogP contribution in [0.2, 0.25) is 0 Å². The topological polar surface area (TPSA) is 89.5 Å². The number of carbonyl (C=O) groups excluding carboxylic acids is 3. The smallest absolute Gasteiger partial charge is 0.325 e. The molecule has 1 aliphatic heterocycles. The molecule has 0 aliphatic carbocycles. The van der Waals surface area contributed by atoms with Crippen LogP contribution in [0.15, 0.2) is 30.6 Å². The van der Waals surface area contributed by atoms with E-state index < -0.39 is 17.8 Å². The minimum absolute atomic E-state index is 0.0592. The molecule has 1 aliphatic rings. The minimum atomic E-state index is -0.811. The van der Waals surface area contributed by atoms with Crippen LogP contribution in [0.5, 0.6) is 0 Å². The van der Waals surface area contributed by atoms with Gasteiger partial charge in [0.1, 0.15) is 0 Å². The van der Waals surface area contributed by atoms with Crippen molar-refractivity contribution >= 4 is 28.8 Å². The lowest BCUT2D eigenvalue weighted by Gasteiger charge is -2.12. The Morgan fingerprint density at radius 1 is 1.15 bits per heavy atom. The van der Waals surface area contributed by atoms with Gasteiger partial charge in [-0.2, -0.15) is 0 Å². The summed E-state index contributed by atoms with van der Waals surface area (Å²) in [5.74, 6) is -1.85. The van der Waals surface area contributed by atoms with E-state index >= 15 is 0 Å². The third-order valence-corrected chi connectivity index (χ3v) is 2.87. The zero-order valence-electron chi connectivity index (χ0n) is 10.3. The number of amides is 2. The van der Waals surface area contributed by atoms with Crippen molar-refractivity contribution in [1.29, 1.82) is 0 Å². The normalized spacial score (nSPS) is 14.9. The Labute approximate surface area is 113 Å². The monoisotopic (exact) mass is 271 g/mol. The van der Waals surface area contributed by atoms with E-state index in [1.165, 1.54) is 12.3 Å². The first-order valence-electron chi connectivity index (χ1n) is 5.94. The minimum Gasteiger partial charge on any atom is -0.325 e. The zero-order chi connectivity index (χ0) is 14.1. The molecule has 0 atom stereocenters. The number of rotatable bonds is 2. The molecular weight excluding hydrogens is 262 g/mol. The van der Waals surface area contributed by atoms with Crippen LogP contribution in [0.1, 0.15) is 23.2 Å². The van der Waals surface area contributed by atoms with Crippen molar-refractivity contribution in [3.05, 3.63) is 36.2 Å². The molecule has 0 unspecified atom stereocenters. The Morgan fingerprint density at radius 3 is 2.65 bits per heavy atom. The van der Waals surface area contributed by atoms with E-state index in [2.05, 4.69) is 9.97 Å². The molecule has 0 spiro atoms. The molecule has 20 heavy (non-hydrogen) atoms. The summed E-state index contributed by atoms with van der Waals surface area (Å²) in [6, 6.07) is 4.98. The highest BCUT2D eigenvalue weighted by atomic mass is 16.7. The van der Waals surface area contributed by atoms with Crippen LogP contribution in [0.3, 0.4) is 0 Å². The summed E-state index contributed by atoms with van der Waals surface area (Å²) in [6.07, 6.45) is 3.01. The number of hydrogen-bond acceptors (Lipinski definition) is 6. The van der Waals surface area contributed by atoms with E-state index in [1.54, 1.807) is 18.3 Å². The summed E-state index contributed by atoms with van der Waals surface area (Å²) in [5.41, 5.74) is 1.29. The third kappa shape index (κ3) is 2.09. The van der Waals surface area contributed by atoms with Crippen LogP contribution in [-0.4, -0.2) is 32.8 Å². The van der Waals surface area contributed by atoms with Crippen LogP contribution in [-0.2, 0) is 14.4 Å². The molecule has 0 N–H and O–H groups in total. The Bertz CT molecular complexity index is 712. The van der Waals surface area contributed by atoms with Gasteiger partial charge in [0.05, 0.1) is 16.6 Å². The van der Waals surface area contributed by atoms with Gasteiger partial charge in [-0.15, -0.1) is 5.06 Å². The second kappa shape index (κ2) is 4.69. The number of hydroxylamine groups is 2. The Morgan fingerprint density at radius 2 is 1.90 bits per heavy atom. The number of imide groups is 1. The number of aromatic nitrogens is 2. The predicted molar refractivity (Wildman–Crippen MR) is 66.0 cm³/mol. The largest absolute Gasteiger partial charge is 0.365 e. The second-order valence-electron chi connectivity index (χ2n) is 4.23. The lowest BCUT2D eigenvalue weighted by Crippen LogP contribution is -2.32. The Balaban J connectivity index is 1.85. The van der Waals surface area contributed by atoms with Crippen LogP contribution in [0, 0.1) is 0 Å². The second-order valence-corrected chi connectivity index (χ2v) is 4.23. The standard InChI is InChI=1S/C13H9N3O4/c17-11-3-4-12(18)16(11)20-13(19)8-6-10-9(15-7-8)2-1-5-14-10/h1-2,5-7H,3-4H2. The van der Waals surface area contributed by atoms with Gasteiger partial charge in [0.2, 0.25) is 0 Å². The number of fused-ring (bicyclic) bond motifs is 1. The predicted octanol–water partition coefficient (Wildman–Crippen LogP) is 0.851. The van der Waals surface area contributed by atoms with Crippen molar-refractivity contribution in [3.63, 3.8) is 0 Å². The lowest BCUT2D eigenvalue weighted by atomic mass is 10.2. The van der Waals surface area contributed by atoms with Crippen LogP contribution in [0.4, 0.5) is 0 Å². The summed E-state index contributed by atoms with van der Waals surface area (Å²) in [4.78, 5) is 47.6. The number of hydrogen-bond donors (Lipinski definition) is 0. The first-order chi connectivity index (χ1) is 9.65. The average Bonchev–Trinajstić information content (AvgIpc) is 2.78. The Kier molecular flexibility index (Phi) is 2.86. The van der Waals surface area contributed by atoms with Crippen molar-refractivity contribution < 1.29 is 19.2 Å². The summed E-state index contributed by atoms with van der Waals surface area (Å²) in [6.45, 7) is 0. The maximum absolute atomic E-state index is 11.9. The molecule has 1 saturated heterocycles. The molecule has 0 saturated carbocycles. The molecule has 2 aromatic rings. The first kappa shape index (κ1) is 12.2. The van der Waals surface area contributed by atoms with E-state index in [1.807, 2.05) is 0 Å². The highest BCUT2D eigenvalue weighted by molar-refractivity contribution is 6.03. The zero-order valence-corrected chi connectivity index (χ0v) is 10.3. The molecule has 3 rings (SSSR count). The molecule has 100 valence electrons. The molecule has 2 aromatic heterocycles. The molecular formula is C13H9N3O4. The van der Waals surface area contributed by atoms with Gasteiger partial charge in [-0.05, 0) is 18.2 Å². The summed E-state index contributed by atoms with van der Waals surface area (Å²) in [5, 5.41) is 0.505. The van der Waals surface area contributed by atoms with Gasteiger partial charge in [-0.25, -0.2) is 4.79 Å². The van der Waals surface area contributed by atoms with Crippen molar-refractivity contribution in [2.75, 3.05) is 0 Å². The van der Waals surface area contributed by atoms with Crippen molar-refractivity contribution in [1.82, 2.24) is 15.0 Å². The molecule has 2 amide bonds. The van der Waals surface area contributed by atoms with Crippen molar-refractivity contribution in [2.45, 2.75) is 12.8 Å². The van der Waals surface area contributed by atoms with Gasteiger partial charge < -0.3 is 4.84 Å². The van der Waals surface area contributed by atoms with E-state index in [9.17, 15) is 14.4 Å². The average molecular weight is 271 g/mol. The highest BCUT2D eigenvalue weighted by Gasteiger charge is 2.33. The van der Waals surface area contributed by atoms with E-state index in [0.717, 1.165) is 0 Å². The van der Waals surface area contributed by atoms with Gasteiger partial charge in [-0.1, -0.05) is 0 Å². The van der Waals surface area contributed by atoms with Gasteiger partial charge in [0.25, 0.3) is 11.8 Å². The fourth-order valence-corrected chi connectivity index (χ4v) is 1.86. The van der Waals surface area contributed by atoms with Crippen molar-refractivity contribution in [3.8, 4) is 0 Å². The fraction of sp³-hybridized carbons (Fsp3) is 0.154. The van der Waals surface area contributed by atoms with Gasteiger partial charge in [0, 0.05) is 25.2 Å². The quantitative estimate of drug-likeness (QED) is 0.752. The molecule has 1 fully saturated rings.